The minimum Gasteiger partial charge on any atom is -0.465 e. The Morgan fingerprint density at radius 3 is 2.11 bits per heavy atom. The molecule has 2 aromatic rings. The number of carbonyl (C=O) groups is 3. The lowest BCUT2D eigenvalue weighted by molar-refractivity contribution is 0.0595. The highest BCUT2D eigenvalue weighted by Crippen LogP contribution is 2.23. The van der Waals surface area contributed by atoms with Crippen LogP contribution in [0.1, 0.15) is 49.5 Å². The number of ether oxygens (including phenoxy) is 2. The molecule has 1 unspecified atom stereocenters. The molecule has 0 saturated carbocycles. The number of hydrogen-bond acceptors (Lipinski definition) is 5. The Morgan fingerprint density at radius 1 is 0.964 bits per heavy atom. The van der Waals surface area contributed by atoms with Gasteiger partial charge in [-0.05, 0) is 49.1 Å². The number of carbonyl (C=O) groups excluding carboxylic acids is 3. The molecule has 0 radical (unpaired) electrons. The van der Waals surface area contributed by atoms with Crippen molar-refractivity contribution in [1.82, 2.24) is 4.90 Å². The standard InChI is InChI=1S/C22H23NO5/c1-27-17(14-15-9-11-16(12-10-15)22(26)28-2)6-5-13-23-20(24)18-7-3-4-8-19(18)21(23)25/h3-4,7-12,17H,5-6,13-14H2,1-2H3. The number of hydrogen-bond donors (Lipinski definition) is 0. The third kappa shape index (κ3) is 4.12. The van der Waals surface area contributed by atoms with E-state index in [1.807, 2.05) is 12.1 Å². The fraction of sp³-hybridized carbons (Fsp3) is 0.318. The van der Waals surface area contributed by atoms with Crippen molar-refractivity contribution in [3.05, 3.63) is 70.8 Å². The van der Waals surface area contributed by atoms with Crippen LogP contribution in [0.3, 0.4) is 0 Å². The van der Waals surface area contributed by atoms with Crippen LogP contribution >= 0.6 is 0 Å². The molecule has 2 aromatic carbocycles. The molecule has 0 spiro atoms. The van der Waals surface area contributed by atoms with Crippen LogP contribution in [0.2, 0.25) is 0 Å². The highest BCUT2D eigenvalue weighted by atomic mass is 16.5. The number of rotatable bonds is 8. The largest absolute Gasteiger partial charge is 0.465 e. The zero-order valence-electron chi connectivity index (χ0n) is 16.0. The number of methoxy groups -OCH3 is 2. The van der Waals surface area contributed by atoms with Crippen LogP contribution < -0.4 is 0 Å². The first kappa shape index (κ1) is 19.8. The molecule has 0 N–H and O–H groups in total. The summed E-state index contributed by atoms with van der Waals surface area (Å²) >= 11 is 0. The van der Waals surface area contributed by atoms with Gasteiger partial charge in [-0.15, -0.1) is 0 Å². The molecule has 2 amide bonds. The van der Waals surface area contributed by atoms with Crippen LogP contribution in [0, 0.1) is 0 Å². The quantitative estimate of drug-likeness (QED) is 0.519. The average Bonchev–Trinajstić information content (AvgIpc) is 2.98. The van der Waals surface area contributed by atoms with Gasteiger partial charge < -0.3 is 9.47 Å². The molecule has 146 valence electrons. The maximum atomic E-state index is 12.4. The molecule has 3 rings (SSSR count). The van der Waals surface area contributed by atoms with Gasteiger partial charge in [-0.1, -0.05) is 24.3 Å². The predicted molar refractivity (Wildman–Crippen MR) is 103 cm³/mol. The van der Waals surface area contributed by atoms with Gasteiger partial charge in [0.05, 0.1) is 29.9 Å². The van der Waals surface area contributed by atoms with Crippen LogP contribution in [-0.2, 0) is 15.9 Å². The predicted octanol–water partition coefficient (Wildman–Crippen LogP) is 3.11. The Morgan fingerprint density at radius 2 is 1.57 bits per heavy atom. The van der Waals surface area contributed by atoms with Crippen molar-refractivity contribution in [2.75, 3.05) is 20.8 Å². The van der Waals surface area contributed by atoms with E-state index in [-0.39, 0.29) is 23.9 Å². The first-order valence-electron chi connectivity index (χ1n) is 9.20. The van der Waals surface area contributed by atoms with Gasteiger partial charge in [0.15, 0.2) is 0 Å². The van der Waals surface area contributed by atoms with Gasteiger partial charge in [0.1, 0.15) is 0 Å². The topological polar surface area (TPSA) is 72.9 Å². The molecule has 0 fully saturated rings. The number of amides is 2. The lowest BCUT2D eigenvalue weighted by Gasteiger charge is -2.18. The van der Waals surface area contributed by atoms with Gasteiger partial charge in [0, 0.05) is 13.7 Å². The van der Waals surface area contributed by atoms with Crippen molar-refractivity contribution >= 4 is 17.8 Å². The van der Waals surface area contributed by atoms with Crippen molar-refractivity contribution in [2.45, 2.75) is 25.4 Å². The second-order valence-corrected chi connectivity index (χ2v) is 6.70. The van der Waals surface area contributed by atoms with Crippen molar-refractivity contribution in [3.63, 3.8) is 0 Å². The monoisotopic (exact) mass is 381 g/mol. The Labute approximate surface area is 164 Å². The van der Waals surface area contributed by atoms with E-state index in [4.69, 9.17) is 9.47 Å². The fourth-order valence-corrected chi connectivity index (χ4v) is 3.38. The van der Waals surface area contributed by atoms with Gasteiger partial charge in [0.2, 0.25) is 0 Å². The third-order valence-electron chi connectivity index (χ3n) is 4.96. The van der Waals surface area contributed by atoms with Crippen molar-refractivity contribution in [3.8, 4) is 0 Å². The summed E-state index contributed by atoms with van der Waals surface area (Å²) < 4.78 is 10.3. The molecule has 0 aromatic heterocycles. The van der Waals surface area contributed by atoms with Gasteiger partial charge in [-0.3, -0.25) is 14.5 Å². The summed E-state index contributed by atoms with van der Waals surface area (Å²) in [6.07, 6.45) is 2.01. The van der Waals surface area contributed by atoms with Crippen LogP contribution in [0.4, 0.5) is 0 Å². The summed E-state index contributed by atoms with van der Waals surface area (Å²) in [6.45, 7) is 0.369. The van der Waals surface area contributed by atoms with Crippen molar-refractivity contribution in [2.24, 2.45) is 0 Å². The molecule has 1 aliphatic rings. The summed E-state index contributed by atoms with van der Waals surface area (Å²) in [5.41, 5.74) is 2.49. The van der Waals surface area contributed by atoms with Crippen molar-refractivity contribution in [1.29, 1.82) is 0 Å². The summed E-state index contributed by atoms with van der Waals surface area (Å²) in [7, 11) is 3.00. The van der Waals surface area contributed by atoms with Crippen LogP contribution in [0.5, 0.6) is 0 Å². The van der Waals surface area contributed by atoms with E-state index in [0.29, 0.717) is 42.5 Å². The van der Waals surface area contributed by atoms with Gasteiger partial charge in [-0.25, -0.2) is 4.79 Å². The highest BCUT2D eigenvalue weighted by molar-refractivity contribution is 6.21. The lowest BCUT2D eigenvalue weighted by Crippen LogP contribution is -2.31. The molecular formula is C22H23NO5. The zero-order chi connectivity index (χ0) is 20.1. The van der Waals surface area contributed by atoms with Crippen LogP contribution in [0.25, 0.3) is 0 Å². The molecular weight excluding hydrogens is 358 g/mol. The lowest BCUT2D eigenvalue weighted by atomic mass is 10.0. The molecule has 6 nitrogen and oxygen atoms in total. The average molecular weight is 381 g/mol. The molecule has 0 bridgehead atoms. The second-order valence-electron chi connectivity index (χ2n) is 6.70. The number of benzene rings is 2. The zero-order valence-corrected chi connectivity index (χ0v) is 16.0. The smallest absolute Gasteiger partial charge is 0.337 e. The molecule has 1 atom stereocenters. The molecule has 6 heteroatoms. The summed E-state index contributed by atoms with van der Waals surface area (Å²) in [5, 5.41) is 0. The van der Waals surface area contributed by atoms with Gasteiger partial charge in [-0.2, -0.15) is 0 Å². The van der Waals surface area contributed by atoms with E-state index >= 15 is 0 Å². The maximum absolute atomic E-state index is 12.4. The number of imide groups is 1. The fourth-order valence-electron chi connectivity index (χ4n) is 3.38. The first-order chi connectivity index (χ1) is 13.5. The van der Waals surface area contributed by atoms with Crippen LogP contribution in [-0.4, -0.2) is 49.6 Å². The normalized spacial score (nSPS) is 14.1. The summed E-state index contributed by atoms with van der Waals surface area (Å²) in [4.78, 5) is 37.6. The molecule has 0 saturated heterocycles. The molecule has 0 aliphatic carbocycles. The first-order valence-corrected chi connectivity index (χ1v) is 9.20. The number of nitrogens with zero attached hydrogens (tertiary/aromatic N) is 1. The Hall–Kier alpha value is -2.99. The Balaban J connectivity index is 1.53. The second kappa shape index (κ2) is 8.80. The van der Waals surface area contributed by atoms with E-state index < -0.39 is 0 Å². The van der Waals surface area contributed by atoms with Gasteiger partial charge >= 0.3 is 5.97 Å². The molecule has 1 heterocycles. The van der Waals surface area contributed by atoms with E-state index in [2.05, 4.69) is 0 Å². The van der Waals surface area contributed by atoms with E-state index in [1.54, 1.807) is 43.5 Å². The minimum absolute atomic E-state index is 0.0424. The van der Waals surface area contributed by atoms with Crippen LogP contribution in [0.15, 0.2) is 48.5 Å². The Bertz CT molecular complexity index is 840. The minimum atomic E-state index is -0.365. The Kier molecular flexibility index (Phi) is 6.21. The third-order valence-corrected chi connectivity index (χ3v) is 4.96. The van der Waals surface area contributed by atoms with Gasteiger partial charge in [0.25, 0.3) is 11.8 Å². The van der Waals surface area contributed by atoms with E-state index in [1.165, 1.54) is 12.0 Å². The number of fused-ring (bicyclic) bond motifs is 1. The SMILES string of the molecule is COC(=O)c1ccc(CC(CCCN2C(=O)c3ccccc3C2=O)OC)cc1. The number of esters is 1. The van der Waals surface area contributed by atoms with Crippen molar-refractivity contribution < 1.29 is 23.9 Å². The van der Waals surface area contributed by atoms with E-state index in [9.17, 15) is 14.4 Å². The maximum Gasteiger partial charge on any atom is 0.337 e. The van der Waals surface area contributed by atoms with E-state index in [0.717, 1.165) is 5.56 Å². The highest BCUT2D eigenvalue weighted by Gasteiger charge is 2.34. The summed E-state index contributed by atoms with van der Waals surface area (Å²) in [5.74, 6) is -0.822. The summed E-state index contributed by atoms with van der Waals surface area (Å²) in [6, 6.07) is 14.1. The molecule has 28 heavy (non-hydrogen) atoms. The molecule has 1 aliphatic heterocycles.